The predicted molar refractivity (Wildman–Crippen MR) is 62.8 cm³/mol. The van der Waals surface area contributed by atoms with Gasteiger partial charge in [0.1, 0.15) is 0 Å². The summed E-state index contributed by atoms with van der Waals surface area (Å²) < 4.78 is 10.5. The molecule has 18 heavy (non-hydrogen) atoms. The van der Waals surface area contributed by atoms with E-state index >= 15 is 0 Å². The molecule has 0 atom stereocenters. The molecule has 3 rings (SSSR count). The number of ether oxygens (including phenoxy) is 2. The number of hydrogen-bond donors (Lipinski definition) is 2. The van der Waals surface area contributed by atoms with Crippen molar-refractivity contribution in [1.82, 2.24) is 15.2 Å². The van der Waals surface area contributed by atoms with Gasteiger partial charge < -0.3 is 14.5 Å². The van der Waals surface area contributed by atoms with Crippen LogP contribution in [0.3, 0.4) is 0 Å². The molecule has 0 amide bonds. The maximum atomic E-state index is 11.7. The van der Waals surface area contributed by atoms with Crippen LogP contribution in [0.4, 0.5) is 0 Å². The number of rotatable bonds is 3. The summed E-state index contributed by atoms with van der Waals surface area (Å²) in [4.78, 5) is 25.9. The Morgan fingerprint density at radius 3 is 2.94 bits per heavy atom. The molecule has 0 bridgehead atoms. The molecule has 0 aromatic carbocycles. The number of hydrogen-bond acceptors (Lipinski definition) is 5. The molecule has 0 aliphatic carbocycles. The topological polar surface area (TPSA) is 97.1 Å². The van der Waals surface area contributed by atoms with Crippen LogP contribution in [-0.4, -0.2) is 35.0 Å². The predicted octanol–water partition coefficient (Wildman–Crippen LogP) is -0.363. The lowest BCUT2D eigenvalue weighted by Gasteiger charge is -2.25. The lowest BCUT2D eigenvalue weighted by atomic mass is 10.1. The van der Waals surface area contributed by atoms with Crippen molar-refractivity contribution in [1.29, 1.82) is 0 Å². The fourth-order valence-electron chi connectivity index (χ4n) is 1.80. The molecule has 94 valence electrons. The van der Waals surface area contributed by atoms with Gasteiger partial charge in [-0.3, -0.25) is 9.59 Å². The van der Waals surface area contributed by atoms with Gasteiger partial charge in [0.05, 0.1) is 31.4 Å². The van der Waals surface area contributed by atoms with Crippen LogP contribution in [0, 0.1) is 5.92 Å². The van der Waals surface area contributed by atoms with Gasteiger partial charge in [0.2, 0.25) is 0 Å². The van der Waals surface area contributed by atoms with Crippen molar-refractivity contribution in [2.24, 2.45) is 5.92 Å². The molecular formula is C11H11N3O4. The highest BCUT2D eigenvalue weighted by atomic mass is 16.5. The molecule has 3 heterocycles. The minimum absolute atomic E-state index is 0.0445. The number of pyridine rings is 1. The first kappa shape index (κ1) is 11.0. The van der Waals surface area contributed by atoms with E-state index < -0.39 is 11.1 Å². The van der Waals surface area contributed by atoms with Gasteiger partial charge in [0.25, 0.3) is 11.1 Å². The Hall–Kier alpha value is -2.15. The molecule has 2 N–H and O–H groups in total. The van der Waals surface area contributed by atoms with Gasteiger partial charge in [-0.25, -0.2) is 5.10 Å². The number of nitrogens with one attached hydrogen (secondary N) is 2. The van der Waals surface area contributed by atoms with Crippen LogP contribution in [0.1, 0.15) is 0 Å². The molecule has 1 fully saturated rings. The van der Waals surface area contributed by atoms with Crippen LogP contribution < -0.4 is 15.9 Å². The van der Waals surface area contributed by atoms with Gasteiger partial charge in [0.15, 0.2) is 5.75 Å². The van der Waals surface area contributed by atoms with Gasteiger partial charge in [-0.15, -0.1) is 0 Å². The van der Waals surface area contributed by atoms with Crippen molar-refractivity contribution in [2.45, 2.75) is 0 Å². The van der Waals surface area contributed by atoms with Crippen LogP contribution in [0.15, 0.2) is 22.0 Å². The molecule has 1 aliphatic rings. The van der Waals surface area contributed by atoms with Crippen molar-refractivity contribution in [3.8, 4) is 5.75 Å². The third-order valence-corrected chi connectivity index (χ3v) is 2.85. The largest absolute Gasteiger partial charge is 0.487 e. The van der Waals surface area contributed by atoms with E-state index in [1.54, 1.807) is 0 Å². The molecule has 1 saturated heterocycles. The SMILES string of the molecule is O=c1[nH]cc2cn[nH]c(=O)c2c1OCC1COC1. The van der Waals surface area contributed by atoms with Crippen LogP contribution in [-0.2, 0) is 4.74 Å². The van der Waals surface area contributed by atoms with Crippen molar-refractivity contribution in [3.63, 3.8) is 0 Å². The van der Waals surface area contributed by atoms with Crippen molar-refractivity contribution < 1.29 is 9.47 Å². The molecule has 0 spiro atoms. The van der Waals surface area contributed by atoms with Gasteiger partial charge in [-0.1, -0.05) is 0 Å². The highest BCUT2D eigenvalue weighted by molar-refractivity contribution is 5.85. The van der Waals surface area contributed by atoms with E-state index in [1.165, 1.54) is 12.4 Å². The highest BCUT2D eigenvalue weighted by Crippen LogP contribution is 2.17. The van der Waals surface area contributed by atoms with Crippen LogP contribution in [0.2, 0.25) is 0 Å². The molecule has 7 nitrogen and oxygen atoms in total. The third kappa shape index (κ3) is 1.78. The van der Waals surface area contributed by atoms with Crippen molar-refractivity contribution in [3.05, 3.63) is 33.1 Å². The van der Waals surface area contributed by atoms with E-state index in [9.17, 15) is 9.59 Å². The molecule has 2 aromatic rings. The van der Waals surface area contributed by atoms with Crippen LogP contribution in [0.25, 0.3) is 10.8 Å². The first-order valence-corrected chi connectivity index (χ1v) is 5.55. The Morgan fingerprint density at radius 1 is 1.39 bits per heavy atom. The van der Waals surface area contributed by atoms with Gasteiger partial charge >= 0.3 is 0 Å². The number of fused-ring (bicyclic) bond motifs is 1. The summed E-state index contributed by atoms with van der Waals surface area (Å²) in [5, 5.41) is 6.74. The summed E-state index contributed by atoms with van der Waals surface area (Å²) in [6, 6.07) is 0. The van der Waals surface area contributed by atoms with Crippen LogP contribution >= 0.6 is 0 Å². The Morgan fingerprint density at radius 2 is 2.22 bits per heavy atom. The minimum atomic E-state index is -0.432. The maximum absolute atomic E-state index is 11.7. The summed E-state index contributed by atoms with van der Waals surface area (Å²) in [7, 11) is 0. The molecule has 0 saturated carbocycles. The normalized spacial score (nSPS) is 15.6. The average molecular weight is 249 g/mol. The molecule has 7 heteroatoms. The third-order valence-electron chi connectivity index (χ3n) is 2.85. The standard InChI is InChI=1S/C11H11N3O4/c15-10-8-7(2-13-14-10)1-12-11(16)9(8)18-5-6-3-17-4-6/h1-2,6H,3-5H2,(H,12,16)(H,14,15). The van der Waals surface area contributed by atoms with Gasteiger partial charge in [0, 0.05) is 17.5 Å². The Balaban J connectivity index is 2.05. The summed E-state index contributed by atoms with van der Waals surface area (Å²) in [5.41, 5.74) is -0.849. The summed E-state index contributed by atoms with van der Waals surface area (Å²) in [6.07, 6.45) is 2.91. The number of H-pyrrole nitrogens is 2. The number of aromatic amines is 2. The lowest BCUT2D eigenvalue weighted by Crippen LogP contribution is -2.33. The average Bonchev–Trinajstić information content (AvgIpc) is 2.30. The van der Waals surface area contributed by atoms with E-state index in [-0.39, 0.29) is 17.1 Å². The van der Waals surface area contributed by atoms with Crippen LogP contribution in [0.5, 0.6) is 5.75 Å². The number of aromatic nitrogens is 3. The zero-order chi connectivity index (χ0) is 12.5. The van der Waals surface area contributed by atoms with Gasteiger partial charge in [-0.2, -0.15) is 5.10 Å². The smallest absolute Gasteiger partial charge is 0.291 e. The Kier molecular flexibility index (Phi) is 2.60. The zero-order valence-corrected chi connectivity index (χ0v) is 9.43. The molecule has 2 aromatic heterocycles. The summed E-state index contributed by atoms with van der Waals surface area (Å²) in [6.45, 7) is 1.62. The van der Waals surface area contributed by atoms with E-state index in [0.29, 0.717) is 25.2 Å². The monoisotopic (exact) mass is 249 g/mol. The van der Waals surface area contributed by atoms with Crippen molar-refractivity contribution in [2.75, 3.05) is 19.8 Å². The quantitative estimate of drug-likeness (QED) is 0.774. The first-order chi connectivity index (χ1) is 8.75. The second kappa shape index (κ2) is 4.26. The van der Waals surface area contributed by atoms with Crippen molar-refractivity contribution >= 4 is 10.8 Å². The van der Waals surface area contributed by atoms with E-state index in [1.807, 2.05) is 0 Å². The molecule has 0 radical (unpaired) electrons. The van der Waals surface area contributed by atoms with E-state index in [4.69, 9.17) is 9.47 Å². The minimum Gasteiger partial charge on any atom is -0.487 e. The van der Waals surface area contributed by atoms with Gasteiger partial charge in [-0.05, 0) is 0 Å². The van der Waals surface area contributed by atoms with E-state index in [2.05, 4.69) is 15.2 Å². The molecular weight excluding hydrogens is 238 g/mol. The maximum Gasteiger partial charge on any atom is 0.291 e. The summed E-state index contributed by atoms with van der Waals surface area (Å²) in [5.74, 6) is 0.323. The second-order valence-corrected chi connectivity index (χ2v) is 4.19. The lowest BCUT2D eigenvalue weighted by molar-refractivity contribution is -0.0508. The fraction of sp³-hybridized carbons (Fsp3) is 0.364. The Labute approximate surface area is 101 Å². The Bertz CT molecular complexity index is 686. The number of nitrogens with zero attached hydrogens (tertiary/aromatic N) is 1. The fourth-order valence-corrected chi connectivity index (χ4v) is 1.80. The van der Waals surface area contributed by atoms with E-state index in [0.717, 1.165) is 0 Å². The first-order valence-electron chi connectivity index (χ1n) is 5.55. The summed E-state index contributed by atoms with van der Waals surface area (Å²) >= 11 is 0. The zero-order valence-electron chi connectivity index (χ0n) is 9.43. The molecule has 1 aliphatic heterocycles. The highest BCUT2D eigenvalue weighted by Gasteiger charge is 2.20. The second-order valence-electron chi connectivity index (χ2n) is 4.19. The molecule has 0 unspecified atom stereocenters.